The molecule has 1 aromatic heterocycles. The average Bonchev–Trinajstić information content (AvgIpc) is 3.27. The molecule has 4 aromatic rings. The van der Waals surface area contributed by atoms with E-state index in [1.807, 2.05) is 22.9 Å². The molecule has 200 valence electrons. The molecule has 4 rings (SSSR count). The highest BCUT2D eigenvalue weighted by atomic mass is 35.5. The molecule has 0 radical (unpaired) electrons. The van der Waals surface area contributed by atoms with Crippen LogP contribution in [0.25, 0.3) is 0 Å². The second-order valence-electron chi connectivity index (χ2n) is 8.13. The minimum Gasteiger partial charge on any atom is -1.00 e. The number of imidazole rings is 1. The van der Waals surface area contributed by atoms with Crippen LogP contribution < -0.4 is 22.3 Å². The summed E-state index contributed by atoms with van der Waals surface area (Å²) in [5.41, 5.74) is 1.93. The van der Waals surface area contributed by atoms with Crippen LogP contribution in [0.5, 0.6) is 0 Å². The fourth-order valence-corrected chi connectivity index (χ4v) is 5.11. The molecule has 0 fully saturated rings. The number of amides is 1. The van der Waals surface area contributed by atoms with Crippen molar-refractivity contribution < 1.29 is 26.5 Å². The largest absolute Gasteiger partial charge is 1.00 e. The number of nitrogens with zero attached hydrogens (tertiary/aromatic N) is 2. The Morgan fingerprint density at radius 1 is 0.895 bits per heavy atom. The van der Waals surface area contributed by atoms with Crippen LogP contribution in [0, 0.1) is 0 Å². The highest BCUT2D eigenvalue weighted by molar-refractivity contribution is 6.39. The van der Waals surface area contributed by atoms with Gasteiger partial charge in [0.15, 0.2) is 6.54 Å². The lowest BCUT2D eigenvalue weighted by atomic mass is 10.1. The van der Waals surface area contributed by atoms with Gasteiger partial charge in [0.25, 0.3) is 5.91 Å². The van der Waals surface area contributed by atoms with Crippen molar-refractivity contribution >= 4 is 81.2 Å². The maximum atomic E-state index is 12.6. The highest BCUT2D eigenvalue weighted by Crippen LogP contribution is 2.32. The molecule has 0 spiro atoms. The molecule has 0 aliphatic rings. The van der Waals surface area contributed by atoms with E-state index < -0.39 is 6.10 Å². The molecule has 3 aromatic carbocycles. The van der Waals surface area contributed by atoms with E-state index in [9.17, 15) is 4.79 Å². The molecule has 1 amide bonds. The first kappa shape index (κ1) is 30.9. The number of para-hydroxylation sites is 1. The third kappa shape index (κ3) is 8.17. The Balaban J connectivity index is 0.00000400. The summed E-state index contributed by atoms with van der Waals surface area (Å²) in [6, 6.07) is 15.5. The second kappa shape index (κ2) is 14.1. The van der Waals surface area contributed by atoms with Crippen LogP contribution >= 0.6 is 69.6 Å². The lowest BCUT2D eigenvalue weighted by Crippen LogP contribution is -3.00. The van der Waals surface area contributed by atoms with Gasteiger partial charge in [-0.2, -0.15) is 0 Å². The SMILES string of the molecule is O=C(C[n+]1ccn(CC(OCc2ccc(Cl)cc2Cl)c2ccc(Cl)cc2Cl)c1)Nc1c(Cl)cccc1Cl.[Cl-]. The van der Waals surface area contributed by atoms with Gasteiger partial charge in [-0.05, 0) is 42.0 Å². The lowest BCUT2D eigenvalue weighted by molar-refractivity contribution is -0.683. The minimum atomic E-state index is -0.437. The van der Waals surface area contributed by atoms with E-state index in [-0.39, 0.29) is 31.5 Å². The van der Waals surface area contributed by atoms with Crippen LogP contribution in [-0.4, -0.2) is 10.5 Å². The third-order valence-corrected chi connectivity index (χ3v) is 7.22. The molecule has 1 heterocycles. The van der Waals surface area contributed by atoms with Crippen LogP contribution in [0.2, 0.25) is 30.1 Å². The molecule has 38 heavy (non-hydrogen) atoms. The summed E-state index contributed by atoms with van der Waals surface area (Å²) in [6.45, 7) is 0.710. The number of nitrogens with one attached hydrogen (secondary N) is 1. The number of benzene rings is 3. The number of hydrogen-bond acceptors (Lipinski definition) is 2. The van der Waals surface area contributed by atoms with Crippen molar-refractivity contribution in [3.63, 3.8) is 0 Å². The number of rotatable bonds is 9. The zero-order valence-corrected chi connectivity index (χ0v) is 24.8. The number of carbonyl (C=O) groups excluding carboxylic acids is 1. The van der Waals surface area contributed by atoms with Crippen LogP contribution in [0.1, 0.15) is 17.2 Å². The Kier molecular flexibility index (Phi) is 11.5. The van der Waals surface area contributed by atoms with Gasteiger partial charge in [-0.25, -0.2) is 9.13 Å². The van der Waals surface area contributed by atoms with Gasteiger partial charge in [0.05, 0.1) is 22.3 Å². The van der Waals surface area contributed by atoms with Crippen molar-refractivity contribution in [3.05, 3.63) is 115 Å². The summed E-state index contributed by atoms with van der Waals surface area (Å²) >= 11 is 37.3. The number of aromatic nitrogens is 2. The van der Waals surface area contributed by atoms with Gasteiger partial charge in [-0.3, -0.25) is 4.79 Å². The maximum Gasteiger partial charge on any atom is 0.266 e. The Morgan fingerprint density at radius 3 is 2.21 bits per heavy atom. The smallest absolute Gasteiger partial charge is 0.266 e. The van der Waals surface area contributed by atoms with Gasteiger partial charge in [0.1, 0.15) is 25.0 Å². The topological polar surface area (TPSA) is 47.1 Å². The summed E-state index contributed by atoms with van der Waals surface area (Å²) in [4.78, 5) is 12.6. The molecule has 1 atom stereocenters. The molecule has 5 nitrogen and oxygen atoms in total. The monoisotopic (exact) mass is 651 g/mol. The van der Waals surface area contributed by atoms with Gasteiger partial charge in [0.2, 0.25) is 6.33 Å². The van der Waals surface area contributed by atoms with Gasteiger partial charge >= 0.3 is 0 Å². The number of halogens is 7. The predicted octanol–water partition coefficient (Wildman–Crippen LogP) is 5.30. The lowest BCUT2D eigenvalue weighted by Gasteiger charge is -2.19. The molecule has 0 saturated heterocycles. The van der Waals surface area contributed by atoms with E-state index >= 15 is 0 Å². The quantitative estimate of drug-likeness (QED) is 0.250. The van der Waals surface area contributed by atoms with E-state index in [2.05, 4.69) is 5.32 Å². The predicted molar refractivity (Wildman–Crippen MR) is 150 cm³/mol. The van der Waals surface area contributed by atoms with Gasteiger partial charge in [0, 0.05) is 25.7 Å². The molecule has 1 unspecified atom stereocenters. The molecule has 1 N–H and O–H groups in total. The first-order valence-electron chi connectivity index (χ1n) is 11.0. The van der Waals surface area contributed by atoms with Crippen LogP contribution in [0.4, 0.5) is 5.69 Å². The van der Waals surface area contributed by atoms with Crippen molar-refractivity contribution in [1.82, 2.24) is 4.57 Å². The Morgan fingerprint density at radius 2 is 1.55 bits per heavy atom. The highest BCUT2D eigenvalue weighted by Gasteiger charge is 2.21. The molecule has 0 aliphatic carbocycles. The average molecular weight is 655 g/mol. The molecule has 0 saturated carbocycles. The third-order valence-electron chi connectivity index (χ3n) is 5.44. The first-order valence-corrected chi connectivity index (χ1v) is 13.3. The van der Waals surface area contributed by atoms with Crippen molar-refractivity contribution in [1.29, 1.82) is 0 Å². The number of hydrogen-bond donors (Lipinski definition) is 1. The molecule has 0 bridgehead atoms. The standard InChI is InChI=1S/C26H19Cl6N3O2.ClH/c27-17-5-4-16(22(31)10-17)14-37-24(19-7-6-18(28)11-23(19)32)12-34-8-9-35(15-34)13-25(36)33-26-20(29)2-1-3-21(26)30;/h1-11,15,24H,12-14H2;1H. The molecule has 0 aliphatic heterocycles. The van der Waals surface area contributed by atoms with E-state index in [0.717, 1.165) is 11.1 Å². The summed E-state index contributed by atoms with van der Waals surface area (Å²) in [7, 11) is 0. The van der Waals surface area contributed by atoms with Crippen LogP contribution in [0.3, 0.4) is 0 Å². The Labute approximate surface area is 256 Å². The van der Waals surface area contributed by atoms with Gasteiger partial charge < -0.3 is 22.5 Å². The van der Waals surface area contributed by atoms with Crippen molar-refractivity contribution in [2.45, 2.75) is 25.8 Å². The summed E-state index contributed by atoms with van der Waals surface area (Å²) in [5.74, 6) is -0.274. The van der Waals surface area contributed by atoms with E-state index in [4.69, 9.17) is 74.3 Å². The number of carbonyl (C=O) groups is 1. The summed E-state index contributed by atoms with van der Waals surface area (Å²) in [5, 5.41) is 5.55. The summed E-state index contributed by atoms with van der Waals surface area (Å²) in [6.07, 6.45) is 4.98. The maximum absolute atomic E-state index is 12.6. The fourth-order valence-electron chi connectivity index (χ4n) is 3.63. The zero-order valence-electron chi connectivity index (χ0n) is 19.5. The minimum absolute atomic E-state index is 0. The first-order chi connectivity index (χ1) is 17.7. The fraction of sp³-hybridized carbons (Fsp3) is 0.154. The van der Waals surface area contributed by atoms with E-state index in [1.54, 1.807) is 59.6 Å². The van der Waals surface area contributed by atoms with Crippen molar-refractivity contribution in [3.8, 4) is 0 Å². The second-order valence-corrected chi connectivity index (χ2v) is 10.6. The number of ether oxygens (including phenoxy) is 1. The summed E-state index contributed by atoms with van der Waals surface area (Å²) < 4.78 is 9.89. The normalized spacial score (nSPS) is 11.6. The van der Waals surface area contributed by atoms with Crippen molar-refractivity contribution in [2.75, 3.05) is 5.32 Å². The molecular weight excluding hydrogens is 634 g/mol. The molecular formula is C26H20Cl7N3O2. The Hall–Kier alpha value is -1.67. The number of anilines is 1. The van der Waals surface area contributed by atoms with Gasteiger partial charge in [-0.1, -0.05) is 87.8 Å². The van der Waals surface area contributed by atoms with E-state index in [1.165, 1.54) is 0 Å². The zero-order chi connectivity index (χ0) is 26.5. The van der Waals surface area contributed by atoms with Gasteiger partial charge in [-0.15, -0.1) is 0 Å². The Bertz CT molecular complexity index is 1410. The van der Waals surface area contributed by atoms with Crippen LogP contribution in [-0.2, 0) is 29.2 Å². The van der Waals surface area contributed by atoms with Crippen LogP contribution in [0.15, 0.2) is 73.3 Å². The van der Waals surface area contributed by atoms with E-state index in [0.29, 0.717) is 42.4 Å². The van der Waals surface area contributed by atoms with Crippen molar-refractivity contribution in [2.24, 2.45) is 0 Å². The molecule has 12 heteroatoms.